The molecule has 1 N–H and O–H groups in total. The summed E-state index contributed by atoms with van der Waals surface area (Å²) in [6.07, 6.45) is 1.31. The molecule has 0 aliphatic heterocycles. The number of carbonyl (C=O) groups is 1. The third-order valence-corrected chi connectivity index (χ3v) is 2.60. The summed E-state index contributed by atoms with van der Waals surface area (Å²) in [6, 6.07) is 5.62. The fraction of sp³-hybridized carbons (Fsp3) is 0. The van der Waals surface area contributed by atoms with Crippen LogP contribution in [0.15, 0.2) is 36.5 Å². The number of nitro groups is 1. The maximum atomic E-state index is 13.5. The molecule has 0 fully saturated rings. The highest BCUT2D eigenvalue weighted by Gasteiger charge is 2.17. The Balaban J connectivity index is 2.26. The number of nitrogens with one attached hydrogen (secondary N) is 1. The third-order valence-electron chi connectivity index (χ3n) is 2.37. The van der Waals surface area contributed by atoms with Crippen LogP contribution in [-0.2, 0) is 0 Å². The summed E-state index contributed by atoms with van der Waals surface area (Å²) in [4.78, 5) is 25.6. The second kappa shape index (κ2) is 5.62. The first-order chi connectivity index (χ1) is 9.47. The molecule has 0 saturated carbocycles. The topological polar surface area (TPSA) is 85.1 Å². The normalized spacial score (nSPS) is 10.1. The van der Waals surface area contributed by atoms with Gasteiger partial charge in [0.15, 0.2) is 0 Å². The van der Waals surface area contributed by atoms with Gasteiger partial charge >= 0.3 is 0 Å². The Morgan fingerprint density at radius 1 is 1.35 bits per heavy atom. The van der Waals surface area contributed by atoms with E-state index in [1.54, 1.807) is 0 Å². The SMILES string of the molecule is O=C(Nc1ccc(Cl)cn1)c1cc([N+](=O)[O-])ccc1F. The Bertz CT molecular complexity index is 676. The second-order valence-corrected chi connectivity index (χ2v) is 4.17. The van der Waals surface area contributed by atoms with Crippen LogP contribution in [0.4, 0.5) is 15.9 Å². The first kappa shape index (κ1) is 13.9. The minimum absolute atomic E-state index is 0.158. The van der Waals surface area contributed by atoms with Crippen molar-refractivity contribution < 1.29 is 14.1 Å². The molecule has 0 radical (unpaired) electrons. The number of non-ortho nitro benzene ring substituents is 1. The summed E-state index contributed by atoms with van der Waals surface area (Å²) in [5.41, 5.74) is -0.809. The Morgan fingerprint density at radius 3 is 2.70 bits per heavy atom. The molecule has 0 aliphatic rings. The van der Waals surface area contributed by atoms with Gasteiger partial charge < -0.3 is 5.32 Å². The van der Waals surface area contributed by atoms with E-state index in [0.717, 1.165) is 18.2 Å². The highest BCUT2D eigenvalue weighted by Crippen LogP contribution is 2.18. The minimum Gasteiger partial charge on any atom is -0.306 e. The Morgan fingerprint density at radius 2 is 2.10 bits per heavy atom. The van der Waals surface area contributed by atoms with Crippen molar-refractivity contribution in [2.45, 2.75) is 0 Å². The van der Waals surface area contributed by atoms with Gasteiger partial charge in [-0.15, -0.1) is 0 Å². The van der Waals surface area contributed by atoms with Crippen LogP contribution in [0.5, 0.6) is 0 Å². The number of nitrogens with zero attached hydrogens (tertiary/aromatic N) is 2. The zero-order valence-corrected chi connectivity index (χ0v) is 10.6. The van der Waals surface area contributed by atoms with Crippen molar-refractivity contribution in [3.63, 3.8) is 0 Å². The standard InChI is InChI=1S/C12H7ClFN3O3/c13-7-1-4-11(15-6-7)16-12(18)9-5-8(17(19)20)2-3-10(9)14/h1-6H,(H,15,16,18). The second-order valence-electron chi connectivity index (χ2n) is 3.74. The van der Waals surface area contributed by atoms with Crippen molar-refractivity contribution in [1.82, 2.24) is 4.98 Å². The fourth-order valence-electron chi connectivity index (χ4n) is 1.43. The number of anilines is 1. The van der Waals surface area contributed by atoms with Crippen molar-refractivity contribution in [1.29, 1.82) is 0 Å². The van der Waals surface area contributed by atoms with Crippen LogP contribution in [0.1, 0.15) is 10.4 Å². The Hall–Kier alpha value is -2.54. The summed E-state index contributed by atoms with van der Waals surface area (Å²) in [5.74, 6) is -1.53. The van der Waals surface area contributed by atoms with Gasteiger partial charge in [-0.25, -0.2) is 9.37 Å². The maximum Gasteiger partial charge on any atom is 0.270 e. The van der Waals surface area contributed by atoms with Crippen LogP contribution in [0.25, 0.3) is 0 Å². The molecular formula is C12H7ClFN3O3. The zero-order chi connectivity index (χ0) is 14.7. The monoisotopic (exact) mass is 295 g/mol. The summed E-state index contributed by atoms with van der Waals surface area (Å²) >= 11 is 5.64. The smallest absolute Gasteiger partial charge is 0.270 e. The molecule has 0 saturated heterocycles. The first-order valence-electron chi connectivity index (χ1n) is 5.34. The Labute approximate surface area is 117 Å². The molecule has 1 aromatic heterocycles. The minimum atomic E-state index is -0.859. The zero-order valence-electron chi connectivity index (χ0n) is 9.84. The molecule has 0 spiro atoms. The molecule has 1 amide bonds. The number of benzene rings is 1. The van der Waals surface area contributed by atoms with E-state index in [2.05, 4.69) is 10.3 Å². The highest BCUT2D eigenvalue weighted by molar-refractivity contribution is 6.30. The molecular weight excluding hydrogens is 289 g/mol. The van der Waals surface area contributed by atoms with Crippen molar-refractivity contribution in [3.8, 4) is 0 Å². The van der Waals surface area contributed by atoms with E-state index >= 15 is 0 Å². The van der Waals surface area contributed by atoms with Gasteiger partial charge in [-0.2, -0.15) is 0 Å². The van der Waals surface area contributed by atoms with Gasteiger partial charge in [0.25, 0.3) is 11.6 Å². The lowest BCUT2D eigenvalue weighted by Crippen LogP contribution is -2.14. The number of hydrogen-bond acceptors (Lipinski definition) is 4. The molecule has 6 nitrogen and oxygen atoms in total. The van der Waals surface area contributed by atoms with Crippen LogP contribution in [-0.4, -0.2) is 15.8 Å². The third kappa shape index (κ3) is 3.07. The van der Waals surface area contributed by atoms with Crippen LogP contribution < -0.4 is 5.32 Å². The van der Waals surface area contributed by atoms with E-state index < -0.39 is 22.2 Å². The molecule has 0 unspecified atom stereocenters. The molecule has 2 aromatic rings. The molecule has 8 heteroatoms. The van der Waals surface area contributed by atoms with E-state index in [1.165, 1.54) is 18.3 Å². The number of nitro benzene ring substituents is 1. The molecule has 0 bridgehead atoms. The molecule has 102 valence electrons. The van der Waals surface area contributed by atoms with Crippen LogP contribution >= 0.6 is 11.6 Å². The van der Waals surface area contributed by atoms with Gasteiger partial charge in [-0.1, -0.05) is 11.6 Å². The number of carbonyl (C=O) groups excluding carboxylic acids is 1. The number of rotatable bonds is 3. The number of amides is 1. The summed E-state index contributed by atoms with van der Waals surface area (Å²) in [7, 11) is 0. The summed E-state index contributed by atoms with van der Waals surface area (Å²) in [5, 5.41) is 13.3. The predicted molar refractivity (Wildman–Crippen MR) is 70.3 cm³/mol. The maximum absolute atomic E-state index is 13.5. The van der Waals surface area contributed by atoms with E-state index in [0.29, 0.717) is 5.02 Å². The summed E-state index contributed by atoms with van der Waals surface area (Å²) < 4.78 is 13.5. The highest BCUT2D eigenvalue weighted by atomic mass is 35.5. The van der Waals surface area contributed by atoms with Crippen LogP contribution in [0.2, 0.25) is 5.02 Å². The lowest BCUT2D eigenvalue weighted by molar-refractivity contribution is -0.384. The molecule has 2 rings (SSSR count). The van der Waals surface area contributed by atoms with Gasteiger partial charge in [0.1, 0.15) is 11.6 Å². The molecule has 20 heavy (non-hydrogen) atoms. The lowest BCUT2D eigenvalue weighted by Gasteiger charge is -2.05. The number of halogens is 2. The first-order valence-corrected chi connectivity index (χ1v) is 5.72. The van der Waals surface area contributed by atoms with Crippen LogP contribution in [0.3, 0.4) is 0 Å². The predicted octanol–water partition coefficient (Wildman–Crippen LogP) is 3.03. The van der Waals surface area contributed by atoms with Crippen molar-refractivity contribution in [2.75, 3.05) is 5.32 Å². The van der Waals surface area contributed by atoms with E-state index in [-0.39, 0.29) is 11.5 Å². The van der Waals surface area contributed by atoms with Gasteiger partial charge in [0, 0.05) is 18.3 Å². The van der Waals surface area contributed by atoms with Gasteiger partial charge in [0.05, 0.1) is 15.5 Å². The largest absolute Gasteiger partial charge is 0.306 e. The van der Waals surface area contributed by atoms with Gasteiger partial charge in [0.2, 0.25) is 0 Å². The molecule has 1 aromatic carbocycles. The number of pyridine rings is 1. The van der Waals surface area contributed by atoms with Gasteiger partial charge in [-0.3, -0.25) is 14.9 Å². The fourth-order valence-corrected chi connectivity index (χ4v) is 1.55. The molecule has 0 aliphatic carbocycles. The Kier molecular flexibility index (Phi) is 3.90. The van der Waals surface area contributed by atoms with Gasteiger partial charge in [-0.05, 0) is 18.2 Å². The number of hydrogen-bond donors (Lipinski definition) is 1. The van der Waals surface area contributed by atoms with Crippen molar-refractivity contribution in [3.05, 3.63) is 63.0 Å². The quantitative estimate of drug-likeness (QED) is 0.696. The lowest BCUT2D eigenvalue weighted by atomic mass is 10.1. The average Bonchev–Trinajstić information content (AvgIpc) is 2.41. The average molecular weight is 296 g/mol. The summed E-state index contributed by atoms with van der Waals surface area (Å²) in [6.45, 7) is 0. The van der Waals surface area contributed by atoms with E-state index in [9.17, 15) is 19.3 Å². The molecule has 0 atom stereocenters. The van der Waals surface area contributed by atoms with Crippen molar-refractivity contribution >= 4 is 29.0 Å². The van der Waals surface area contributed by atoms with Crippen LogP contribution in [0, 0.1) is 15.9 Å². The molecule has 1 heterocycles. The number of aromatic nitrogens is 1. The van der Waals surface area contributed by atoms with Crippen molar-refractivity contribution in [2.24, 2.45) is 0 Å². The van der Waals surface area contributed by atoms with E-state index in [1.807, 2.05) is 0 Å². The van der Waals surface area contributed by atoms with E-state index in [4.69, 9.17) is 11.6 Å².